The number of carbonyl (C=O) groups is 1. The number of ether oxygens (including phenoxy) is 1. The molecule has 1 atom stereocenters. The van der Waals surface area contributed by atoms with Crippen LogP contribution in [0.15, 0.2) is 24.3 Å². The van der Waals surface area contributed by atoms with Crippen molar-refractivity contribution in [2.75, 3.05) is 32.8 Å². The van der Waals surface area contributed by atoms with Gasteiger partial charge >= 0.3 is 0 Å². The van der Waals surface area contributed by atoms with E-state index in [1.165, 1.54) is 6.07 Å². The molecule has 3 rings (SSSR count). The smallest absolute Gasteiger partial charge is 0.231 e. The van der Waals surface area contributed by atoms with Crippen LogP contribution in [-0.4, -0.2) is 49.7 Å². The molecule has 1 N–H and O–H groups in total. The summed E-state index contributed by atoms with van der Waals surface area (Å²) in [7, 11) is 0. The third-order valence-corrected chi connectivity index (χ3v) is 5.09. The highest BCUT2D eigenvalue weighted by molar-refractivity contribution is 5.85. The summed E-state index contributed by atoms with van der Waals surface area (Å²) in [6, 6.07) is 6.77. The minimum absolute atomic E-state index is 0.140. The first-order chi connectivity index (χ1) is 11.6. The van der Waals surface area contributed by atoms with Crippen LogP contribution in [0.1, 0.15) is 31.7 Å². The number of nitrogens with zero attached hydrogens (tertiary/aromatic N) is 1. The fourth-order valence-corrected chi connectivity index (χ4v) is 3.66. The fraction of sp³-hybridized carbons (Fsp3) is 0.632. The lowest BCUT2D eigenvalue weighted by Crippen LogP contribution is -2.64. The van der Waals surface area contributed by atoms with Crippen LogP contribution in [-0.2, 0) is 16.0 Å². The van der Waals surface area contributed by atoms with E-state index < -0.39 is 5.41 Å². The molecule has 2 heterocycles. The van der Waals surface area contributed by atoms with Crippen LogP contribution in [0.2, 0.25) is 0 Å². The molecule has 4 nitrogen and oxygen atoms in total. The number of piperidine rings is 1. The molecular formula is C19H27FN2O2. The number of carbonyl (C=O) groups excluding carboxylic acids is 1. The lowest BCUT2D eigenvalue weighted by atomic mass is 9.74. The second kappa shape index (κ2) is 7.62. The lowest BCUT2D eigenvalue weighted by molar-refractivity contribution is -0.149. The summed E-state index contributed by atoms with van der Waals surface area (Å²) in [4.78, 5) is 15.1. The zero-order valence-electron chi connectivity index (χ0n) is 14.4. The molecule has 0 radical (unpaired) electrons. The predicted octanol–water partition coefficient (Wildman–Crippen LogP) is 2.38. The predicted molar refractivity (Wildman–Crippen MR) is 91.3 cm³/mol. The summed E-state index contributed by atoms with van der Waals surface area (Å²) in [5.74, 6) is -0.0753. The number of nitrogens with one attached hydrogen (secondary N) is 1. The summed E-state index contributed by atoms with van der Waals surface area (Å²) >= 11 is 0. The van der Waals surface area contributed by atoms with Crippen LogP contribution in [0.3, 0.4) is 0 Å². The van der Waals surface area contributed by atoms with Crippen molar-refractivity contribution in [2.45, 2.75) is 38.7 Å². The summed E-state index contributed by atoms with van der Waals surface area (Å²) < 4.78 is 19.9. The van der Waals surface area contributed by atoms with E-state index >= 15 is 0 Å². The van der Waals surface area contributed by atoms with Crippen molar-refractivity contribution in [1.82, 2.24) is 10.2 Å². The number of halogens is 1. The number of hydrogen-bond donors (Lipinski definition) is 1. The molecule has 1 unspecified atom stereocenters. The van der Waals surface area contributed by atoms with Gasteiger partial charge in [-0.25, -0.2) is 4.39 Å². The number of rotatable bonds is 6. The zero-order chi connectivity index (χ0) is 17.0. The molecule has 2 saturated heterocycles. The van der Waals surface area contributed by atoms with Gasteiger partial charge in [0.25, 0.3) is 0 Å². The van der Waals surface area contributed by atoms with Crippen molar-refractivity contribution in [3.8, 4) is 0 Å². The van der Waals surface area contributed by atoms with Crippen LogP contribution in [0.25, 0.3) is 0 Å². The molecule has 2 fully saturated rings. The Labute approximate surface area is 143 Å². The normalized spacial score (nSPS) is 22.9. The van der Waals surface area contributed by atoms with E-state index in [2.05, 4.69) is 12.2 Å². The minimum Gasteiger partial charge on any atom is -0.376 e. The molecule has 2 aliphatic heterocycles. The molecule has 1 amide bonds. The Morgan fingerprint density at radius 2 is 2.21 bits per heavy atom. The van der Waals surface area contributed by atoms with Gasteiger partial charge in [0.2, 0.25) is 5.91 Å². The molecule has 5 heteroatoms. The molecule has 0 aliphatic carbocycles. The Kier molecular flexibility index (Phi) is 5.51. The number of hydrogen-bond acceptors (Lipinski definition) is 3. The molecule has 132 valence electrons. The maximum atomic E-state index is 14.0. The molecule has 2 aliphatic rings. The maximum absolute atomic E-state index is 14.0. The Morgan fingerprint density at radius 3 is 2.88 bits per heavy atom. The van der Waals surface area contributed by atoms with Gasteiger partial charge in [0.1, 0.15) is 5.82 Å². The quantitative estimate of drug-likeness (QED) is 0.868. The van der Waals surface area contributed by atoms with Crippen molar-refractivity contribution in [1.29, 1.82) is 0 Å². The number of likely N-dealkylation sites (tertiary alicyclic amines) is 1. The van der Waals surface area contributed by atoms with Gasteiger partial charge in [-0.1, -0.05) is 25.1 Å². The Morgan fingerprint density at radius 1 is 1.42 bits per heavy atom. The molecule has 0 saturated carbocycles. The summed E-state index contributed by atoms with van der Waals surface area (Å²) in [6.45, 7) is 5.53. The largest absolute Gasteiger partial charge is 0.376 e. The first-order valence-electron chi connectivity index (χ1n) is 9.00. The van der Waals surface area contributed by atoms with Gasteiger partial charge in [0, 0.05) is 32.8 Å². The van der Waals surface area contributed by atoms with E-state index in [-0.39, 0.29) is 17.8 Å². The highest BCUT2D eigenvalue weighted by Crippen LogP contribution is 2.32. The average molecular weight is 334 g/mol. The minimum atomic E-state index is -0.505. The topological polar surface area (TPSA) is 41.6 Å². The fourth-order valence-electron chi connectivity index (χ4n) is 3.66. The first kappa shape index (κ1) is 17.4. The Hall–Kier alpha value is -1.46. The van der Waals surface area contributed by atoms with Gasteiger partial charge in [-0.15, -0.1) is 0 Å². The van der Waals surface area contributed by atoms with E-state index in [1.807, 2.05) is 11.0 Å². The average Bonchev–Trinajstić information content (AvgIpc) is 2.57. The molecular weight excluding hydrogens is 307 g/mol. The van der Waals surface area contributed by atoms with Gasteiger partial charge in [0.15, 0.2) is 0 Å². The van der Waals surface area contributed by atoms with E-state index in [9.17, 15) is 9.18 Å². The Balaban J connectivity index is 1.68. The van der Waals surface area contributed by atoms with Crippen LogP contribution in [0.4, 0.5) is 4.39 Å². The van der Waals surface area contributed by atoms with Gasteiger partial charge < -0.3 is 15.0 Å². The van der Waals surface area contributed by atoms with Crippen LogP contribution in [0.5, 0.6) is 0 Å². The van der Waals surface area contributed by atoms with Crippen molar-refractivity contribution in [3.05, 3.63) is 35.6 Å². The van der Waals surface area contributed by atoms with Gasteiger partial charge in [0.05, 0.1) is 11.5 Å². The SMILES string of the molecule is CCCOC1CCCN(C(=O)C2(Cc3ccccc3F)CNC2)C1. The van der Waals surface area contributed by atoms with Crippen molar-refractivity contribution in [3.63, 3.8) is 0 Å². The molecule has 1 aromatic rings. The standard InChI is InChI=1S/C19H27FN2O2/c1-2-10-24-16-7-5-9-22(12-16)18(23)19(13-21-14-19)11-15-6-3-4-8-17(15)20/h3-4,6,8,16,21H,2,5,7,9-14H2,1H3. The summed E-state index contributed by atoms with van der Waals surface area (Å²) in [5.41, 5.74) is 0.123. The molecule has 0 bridgehead atoms. The van der Waals surface area contributed by atoms with Crippen LogP contribution >= 0.6 is 0 Å². The third kappa shape index (κ3) is 3.62. The van der Waals surface area contributed by atoms with Gasteiger partial charge in [-0.2, -0.15) is 0 Å². The molecule has 0 aromatic heterocycles. The molecule has 24 heavy (non-hydrogen) atoms. The van der Waals surface area contributed by atoms with Gasteiger partial charge in [-0.3, -0.25) is 4.79 Å². The van der Waals surface area contributed by atoms with Crippen LogP contribution < -0.4 is 5.32 Å². The second-order valence-corrected chi connectivity index (χ2v) is 7.04. The molecule has 1 aromatic carbocycles. The van der Waals surface area contributed by atoms with Crippen molar-refractivity contribution < 1.29 is 13.9 Å². The van der Waals surface area contributed by atoms with E-state index in [0.717, 1.165) is 32.4 Å². The van der Waals surface area contributed by atoms with Crippen molar-refractivity contribution in [2.24, 2.45) is 5.41 Å². The first-order valence-corrected chi connectivity index (χ1v) is 9.00. The number of benzene rings is 1. The summed E-state index contributed by atoms with van der Waals surface area (Å²) in [5, 5.41) is 3.21. The monoisotopic (exact) mass is 334 g/mol. The summed E-state index contributed by atoms with van der Waals surface area (Å²) in [6.07, 6.45) is 3.58. The zero-order valence-corrected chi connectivity index (χ0v) is 14.4. The number of amides is 1. The van der Waals surface area contributed by atoms with Crippen molar-refractivity contribution >= 4 is 5.91 Å². The Bertz CT molecular complexity index is 574. The highest BCUT2D eigenvalue weighted by atomic mass is 19.1. The van der Waals surface area contributed by atoms with Gasteiger partial charge in [-0.05, 0) is 37.3 Å². The maximum Gasteiger partial charge on any atom is 0.231 e. The lowest BCUT2D eigenvalue weighted by Gasteiger charge is -2.46. The molecule has 0 spiro atoms. The van der Waals surface area contributed by atoms with E-state index in [1.54, 1.807) is 12.1 Å². The van der Waals surface area contributed by atoms with E-state index in [0.29, 0.717) is 31.6 Å². The highest BCUT2D eigenvalue weighted by Gasteiger charge is 2.47. The van der Waals surface area contributed by atoms with Crippen LogP contribution in [0, 0.1) is 11.2 Å². The third-order valence-electron chi connectivity index (χ3n) is 5.09. The second-order valence-electron chi connectivity index (χ2n) is 7.04. The van der Waals surface area contributed by atoms with E-state index in [4.69, 9.17) is 4.74 Å².